The van der Waals surface area contributed by atoms with Gasteiger partial charge in [0.25, 0.3) is 0 Å². The minimum absolute atomic E-state index is 0.534. The molecule has 0 aliphatic carbocycles. The number of hydrogen-bond acceptors (Lipinski definition) is 1. The topological polar surface area (TPSA) is 17.0 Å². The molecule has 1 atom stereocenters. The smallest absolute Gasteiger partial charge is 0.0469 e. The van der Waals surface area contributed by atoms with Crippen molar-refractivity contribution in [3.63, 3.8) is 0 Å². The van der Waals surface area contributed by atoms with Crippen LogP contribution in [0.2, 0.25) is 0 Å². The third kappa shape index (κ3) is 5.30. The maximum absolute atomic E-state index is 3.62. The molecule has 2 heteroatoms. The van der Waals surface area contributed by atoms with Gasteiger partial charge in [0, 0.05) is 29.8 Å². The van der Waals surface area contributed by atoms with Crippen LogP contribution >= 0.6 is 0 Å². The van der Waals surface area contributed by atoms with E-state index in [0.717, 1.165) is 0 Å². The van der Waals surface area contributed by atoms with Gasteiger partial charge in [0.2, 0.25) is 0 Å². The van der Waals surface area contributed by atoms with Crippen molar-refractivity contribution in [2.24, 2.45) is 0 Å². The van der Waals surface area contributed by atoms with Gasteiger partial charge in [-0.1, -0.05) is 45.1 Å². The highest BCUT2D eigenvalue weighted by Gasteiger charge is 2.03. The fourth-order valence-corrected chi connectivity index (χ4v) is 2.67. The van der Waals surface area contributed by atoms with E-state index in [4.69, 9.17) is 0 Å². The van der Waals surface area contributed by atoms with Crippen LogP contribution in [0.5, 0.6) is 0 Å². The van der Waals surface area contributed by atoms with Crippen LogP contribution in [0.25, 0.3) is 5.69 Å². The molecule has 1 N–H and O–H groups in total. The highest BCUT2D eigenvalue weighted by atomic mass is 15.0. The van der Waals surface area contributed by atoms with E-state index >= 15 is 0 Å². The van der Waals surface area contributed by atoms with Gasteiger partial charge in [0.1, 0.15) is 0 Å². The van der Waals surface area contributed by atoms with E-state index in [0.29, 0.717) is 6.04 Å². The Kier molecular flexibility index (Phi) is 6.39. The second kappa shape index (κ2) is 8.56. The number of nitrogens with one attached hydrogen (secondary N) is 1. The zero-order valence-electron chi connectivity index (χ0n) is 13.4. The van der Waals surface area contributed by atoms with Gasteiger partial charge in [0.15, 0.2) is 0 Å². The standard InChI is InChI=1S/C19H28N2/c1-3-4-5-6-7-11-17(2)20-18-12-10-13-19(16-18)21-14-8-9-15-21/h8-10,12-17,20H,3-7,11H2,1-2H3. The lowest BCUT2D eigenvalue weighted by molar-refractivity contribution is 0.578. The monoisotopic (exact) mass is 284 g/mol. The molecule has 2 nitrogen and oxygen atoms in total. The molecule has 0 fully saturated rings. The molecule has 0 amide bonds. The highest BCUT2D eigenvalue weighted by molar-refractivity contribution is 5.51. The molecular weight excluding hydrogens is 256 g/mol. The van der Waals surface area contributed by atoms with Crippen molar-refractivity contribution in [3.8, 4) is 5.69 Å². The lowest BCUT2D eigenvalue weighted by Gasteiger charge is -2.16. The molecule has 0 bridgehead atoms. The molecule has 21 heavy (non-hydrogen) atoms. The van der Waals surface area contributed by atoms with Gasteiger partial charge in [-0.25, -0.2) is 0 Å². The van der Waals surface area contributed by atoms with Crippen LogP contribution in [0.15, 0.2) is 48.8 Å². The summed E-state index contributed by atoms with van der Waals surface area (Å²) in [5.41, 5.74) is 2.42. The lowest BCUT2D eigenvalue weighted by atomic mass is 10.1. The van der Waals surface area contributed by atoms with E-state index in [9.17, 15) is 0 Å². The molecule has 1 aromatic carbocycles. The number of nitrogens with zero attached hydrogens (tertiary/aromatic N) is 1. The molecule has 0 saturated carbocycles. The third-order valence-corrected chi connectivity index (χ3v) is 3.90. The van der Waals surface area contributed by atoms with E-state index in [1.807, 2.05) is 0 Å². The molecule has 0 aliphatic heterocycles. The molecule has 0 aliphatic rings. The van der Waals surface area contributed by atoms with Crippen LogP contribution in [0, 0.1) is 0 Å². The van der Waals surface area contributed by atoms with Crippen LogP contribution in [0.4, 0.5) is 5.69 Å². The maximum atomic E-state index is 3.62. The SMILES string of the molecule is CCCCCCCC(C)Nc1cccc(-n2cccc2)c1. The minimum Gasteiger partial charge on any atom is -0.383 e. The number of rotatable bonds is 9. The summed E-state index contributed by atoms with van der Waals surface area (Å²) in [6.45, 7) is 4.55. The Bertz CT molecular complexity index is 502. The quantitative estimate of drug-likeness (QED) is 0.590. The van der Waals surface area contributed by atoms with Crippen LogP contribution in [-0.4, -0.2) is 10.6 Å². The average molecular weight is 284 g/mol. The first kappa shape index (κ1) is 15.7. The third-order valence-electron chi connectivity index (χ3n) is 3.90. The first-order chi connectivity index (χ1) is 10.3. The number of aromatic nitrogens is 1. The van der Waals surface area contributed by atoms with E-state index in [-0.39, 0.29) is 0 Å². The summed E-state index contributed by atoms with van der Waals surface area (Å²) in [7, 11) is 0. The number of anilines is 1. The summed E-state index contributed by atoms with van der Waals surface area (Å²) in [5, 5.41) is 3.62. The summed E-state index contributed by atoms with van der Waals surface area (Å²) in [5.74, 6) is 0. The van der Waals surface area contributed by atoms with E-state index in [2.05, 4.69) is 72.5 Å². The highest BCUT2D eigenvalue weighted by Crippen LogP contribution is 2.17. The van der Waals surface area contributed by atoms with Crippen LogP contribution in [0.3, 0.4) is 0 Å². The Labute approximate surface area is 129 Å². The molecule has 2 aromatic rings. The van der Waals surface area contributed by atoms with Crippen molar-refractivity contribution < 1.29 is 0 Å². The molecule has 2 rings (SSSR count). The molecular formula is C19H28N2. The Morgan fingerprint density at radius 1 is 1.00 bits per heavy atom. The van der Waals surface area contributed by atoms with Crippen molar-refractivity contribution in [3.05, 3.63) is 48.8 Å². The zero-order valence-corrected chi connectivity index (χ0v) is 13.4. The summed E-state index contributed by atoms with van der Waals surface area (Å²) in [4.78, 5) is 0. The van der Waals surface area contributed by atoms with Gasteiger partial charge in [-0.15, -0.1) is 0 Å². The summed E-state index contributed by atoms with van der Waals surface area (Å²) >= 11 is 0. The number of hydrogen-bond donors (Lipinski definition) is 1. The molecule has 1 aromatic heterocycles. The van der Waals surface area contributed by atoms with Crippen molar-refractivity contribution in [2.75, 3.05) is 5.32 Å². The predicted octanol–water partition coefficient (Wildman–Crippen LogP) is 5.64. The Morgan fingerprint density at radius 3 is 2.52 bits per heavy atom. The van der Waals surface area contributed by atoms with Crippen LogP contribution in [0.1, 0.15) is 52.4 Å². The largest absolute Gasteiger partial charge is 0.383 e. The fraction of sp³-hybridized carbons (Fsp3) is 0.474. The average Bonchev–Trinajstić information content (AvgIpc) is 3.01. The molecule has 114 valence electrons. The zero-order chi connectivity index (χ0) is 14.9. The molecule has 0 radical (unpaired) electrons. The van der Waals surface area contributed by atoms with Crippen molar-refractivity contribution in [1.82, 2.24) is 4.57 Å². The van der Waals surface area contributed by atoms with Gasteiger partial charge in [-0.05, 0) is 43.7 Å². The fourth-order valence-electron chi connectivity index (χ4n) is 2.67. The maximum Gasteiger partial charge on any atom is 0.0469 e. The Morgan fingerprint density at radius 2 is 1.76 bits per heavy atom. The van der Waals surface area contributed by atoms with Gasteiger partial charge in [-0.3, -0.25) is 0 Å². The number of unbranched alkanes of at least 4 members (excludes halogenated alkanes) is 4. The van der Waals surface area contributed by atoms with Crippen molar-refractivity contribution in [1.29, 1.82) is 0 Å². The minimum atomic E-state index is 0.534. The summed E-state index contributed by atoms with van der Waals surface area (Å²) in [6.07, 6.45) is 12.2. The molecule has 0 saturated heterocycles. The van der Waals surface area contributed by atoms with Gasteiger partial charge in [-0.2, -0.15) is 0 Å². The van der Waals surface area contributed by atoms with E-state index in [1.165, 1.54) is 49.9 Å². The molecule has 0 spiro atoms. The van der Waals surface area contributed by atoms with Crippen LogP contribution in [-0.2, 0) is 0 Å². The van der Waals surface area contributed by atoms with Gasteiger partial charge in [0.05, 0.1) is 0 Å². The molecule has 1 unspecified atom stereocenters. The van der Waals surface area contributed by atoms with E-state index in [1.54, 1.807) is 0 Å². The predicted molar refractivity (Wildman–Crippen MR) is 92.2 cm³/mol. The summed E-state index contributed by atoms with van der Waals surface area (Å²) < 4.78 is 2.14. The van der Waals surface area contributed by atoms with Gasteiger partial charge >= 0.3 is 0 Å². The normalized spacial score (nSPS) is 12.3. The van der Waals surface area contributed by atoms with Gasteiger partial charge < -0.3 is 9.88 Å². The first-order valence-corrected chi connectivity index (χ1v) is 8.29. The van der Waals surface area contributed by atoms with E-state index < -0.39 is 0 Å². The lowest BCUT2D eigenvalue weighted by Crippen LogP contribution is -2.15. The molecule has 1 heterocycles. The number of benzene rings is 1. The second-order valence-electron chi connectivity index (χ2n) is 5.89. The Hall–Kier alpha value is -1.70. The Balaban J connectivity index is 1.81. The first-order valence-electron chi connectivity index (χ1n) is 8.29. The van der Waals surface area contributed by atoms with Crippen molar-refractivity contribution >= 4 is 5.69 Å². The van der Waals surface area contributed by atoms with Crippen LogP contribution < -0.4 is 5.32 Å². The van der Waals surface area contributed by atoms with Crippen molar-refractivity contribution in [2.45, 2.75) is 58.4 Å². The second-order valence-corrected chi connectivity index (χ2v) is 5.89. The summed E-state index contributed by atoms with van der Waals surface area (Å²) in [6, 6.07) is 13.3.